The van der Waals surface area contributed by atoms with E-state index in [1.165, 1.54) is 6.07 Å². The molecule has 0 atom stereocenters. The predicted molar refractivity (Wildman–Crippen MR) is 96.2 cm³/mol. The van der Waals surface area contributed by atoms with Gasteiger partial charge in [0.05, 0.1) is 0 Å². The van der Waals surface area contributed by atoms with E-state index in [0.717, 1.165) is 42.0 Å². The van der Waals surface area contributed by atoms with E-state index in [-0.39, 0.29) is 11.6 Å². The molecule has 0 saturated carbocycles. The van der Waals surface area contributed by atoms with Crippen LogP contribution in [-0.4, -0.2) is 22.4 Å². The van der Waals surface area contributed by atoms with Gasteiger partial charge in [0.2, 0.25) is 0 Å². The van der Waals surface area contributed by atoms with Crippen LogP contribution < -0.4 is 0 Å². The number of Topliss-reactive ketones (excluding diaryl/α,β-unsaturated/α-hetero) is 1. The number of carbonyl (C=O) groups is 1. The van der Waals surface area contributed by atoms with E-state index in [1.54, 1.807) is 25.1 Å². The molecule has 0 unspecified atom stereocenters. The topological polar surface area (TPSA) is 46.3 Å². The van der Waals surface area contributed by atoms with Crippen molar-refractivity contribution in [2.75, 3.05) is 6.54 Å². The van der Waals surface area contributed by atoms with Crippen LogP contribution in [0.3, 0.4) is 0 Å². The van der Waals surface area contributed by atoms with Crippen molar-refractivity contribution >= 4 is 5.78 Å². The van der Waals surface area contributed by atoms with Gasteiger partial charge in [-0.1, -0.05) is 35.5 Å². The monoisotopic (exact) mass is 350 g/mol. The maximum absolute atomic E-state index is 14.2. The lowest BCUT2D eigenvalue weighted by Crippen LogP contribution is -2.29. The van der Waals surface area contributed by atoms with Crippen molar-refractivity contribution in [2.45, 2.75) is 26.4 Å². The highest BCUT2D eigenvalue weighted by Crippen LogP contribution is 2.31. The third-order valence-corrected chi connectivity index (χ3v) is 4.78. The van der Waals surface area contributed by atoms with Gasteiger partial charge in [0.25, 0.3) is 0 Å². The van der Waals surface area contributed by atoms with Crippen molar-refractivity contribution in [3.63, 3.8) is 0 Å². The summed E-state index contributed by atoms with van der Waals surface area (Å²) in [6.07, 6.45) is 0.739. The van der Waals surface area contributed by atoms with Gasteiger partial charge >= 0.3 is 0 Å². The number of hydrogen-bond donors (Lipinski definition) is 0. The van der Waals surface area contributed by atoms with Gasteiger partial charge in [-0.3, -0.25) is 9.69 Å². The van der Waals surface area contributed by atoms with E-state index >= 15 is 0 Å². The molecule has 1 aliphatic rings. The number of benzene rings is 2. The lowest BCUT2D eigenvalue weighted by molar-refractivity contribution is 0.101. The van der Waals surface area contributed by atoms with E-state index in [0.29, 0.717) is 17.8 Å². The summed E-state index contributed by atoms with van der Waals surface area (Å²) in [6.45, 7) is 3.78. The lowest BCUT2D eigenvalue weighted by Gasteiger charge is -2.26. The molecule has 0 N–H and O–H groups in total. The smallest absolute Gasteiger partial charge is 0.159 e. The van der Waals surface area contributed by atoms with Gasteiger partial charge in [-0.25, -0.2) is 4.39 Å². The van der Waals surface area contributed by atoms with Gasteiger partial charge in [-0.05, 0) is 30.7 Å². The van der Waals surface area contributed by atoms with Crippen LogP contribution in [0.15, 0.2) is 53.1 Å². The molecule has 0 radical (unpaired) electrons. The molecule has 5 heteroatoms. The van der Waals surface area contributed by atoms with Crippen molar-refractivity contribution in [2.24, 2.45) is 0 Å². The fraction of sp³-hybridized carbons (Fsp3) is 0.238. The Morgan fingerprint density at radius 1 is 1.23 bits per heavy atom. The molecular formula is C21H19FN2O2. The molecule has 0 fully saturated rings. The van der Waals surface area contributed by atoms with Gasteiger partial charge < -0.3 is 4.52 Å². The quantitative estimate of drug-likeness (QED) is 0.660. The third kappa shape index (κ3) is 3.18. The van der Waals surface area contributed by atoms with E-state index in [4.69, 9.17) is 4.52 Å². The summed E-state index contributed by atoms with van der Waals surface area (Å²) in [7, 11) is 0. The highest BCUT2D eigenvalue weighted by Gasteiger charge is 2.26. The first-order valence-corrected chi connectivity index (χ1v) is 8.66. The Morgan fingerprint density at radius 2 is 2.08 bits per heavy atom. The number of halogens is 1. The highest BCUT2D eigenvalue weighted by molar-refractivity contribution is 5.94. The number of carbonyl (C=O) groups excluding carboxylic acids is 1. The van der Waals surface area contributed by atoms with E-state index < -0.39 is 0 Å². The zero-order chi connectivity index (χ0) is 18.1. The van der Waals surface area contributed by atoms with Crippen LogP contribution in [0.4, 0.5) is 4.39 Å². The van der Waals surface area contributed by atoms with Crippen LogP contribution in [0.1, 0.15) is 34.2 Å². The average Bonchev–Trinajstić information content (AvgIpc) is 3.05. The summed E-state index contributed by atoms with van der Waals surface area (Å²) in [5, 5.41) is 4.12. The molecule has 132 valence electrons. The predicted octanol–water partition coefficient (Wildman–Crippen LogP) is 4.24. The minimum Gasteiger partial charge on any atom is -0.360 e. The first-order valence-electron chi connectivity index (χ1n) is 8.66. The van der Waals surface area contributed by atoms with Crippen LogP contribution in [0.5, 0.6) is 0 Å². The Balaban J connectivity index is 1.58. The molecule has 0 saturated heterocycles. The number of nitrogens with zero attached hydrogens (tertiary/aromatic N) is 2. The zero-order valence-corrected chi connectivity index (χ0v) is 14.5. The molecule has 2 aromatic carbocycles. The number of fused-ring (bicyclic) bond motifs is 1. The third-order valence-electron chi connectivity index (χ3n) is 4.78. The molecule has 1 aromatic heterocycles. The summed E-state index contributed by atoms with van der Waals surface area (Å²) < 4.78 is 19.6. The van der Waals surface area contributed by atoms with Crippen LogP contribution >= 0.6 is 0 Å². The molecule has 0 spiro atoms. The normalized spacial score (nSPS) is 14.2. The molecule has 4 nitrogen and oxygen atoms in total. The van der Waals surface area contributed by atoms with Crippen molar-refractivity contribution in [1.82, 2.24) is 10.1 Å². The lowest BCUT2D eigenvalue weighted by atomic mass is 10.0. The van der Waals surface area contributed by atoms with E-state index in [2.05, 4.69) is 10.1 Å². The molecule has 4 rings (SSSR count). The maximum atomic E-state index is 14.2. The standard InChI is InChI=1S/C21H19FN2O2/c1-14(25)16-6-4-5-15(11-16)12-24-10-9-20-18(13-24)21(23-26-20)17-7-2-3-8-19(17)22/h2-8,11H,9-10,12-13H2,1H3. The minimum atomic E-state index is -0.296. The second-order valence-corrected chi connectivity index (χ2v) is 6.63. The first-order chi connectivity index (χ1) is 12.6. The van der Waals surface area contributed by atoms with Crippen molar-refractivity contribution in [3.05, 3.63) is 76.8 Å². The zero-order valence-electron chi connectivity index (χ0n) is 14.5. The number of hydrogen-bond acceptors (Lipinski definition) is 4. The van der Waals surface area contributed by atoms with Crippen molar-refractivity contribution in [1.29, 1.82) is 0 Å². The van der Waals surface area contributed by atoms with Gasteiger partial charge in [-0.15, -0.1) is 0 Å². The van der Waals surface area contributed by atoms with Crippen LogP contribution in [0.2, 0.25) is 0 Å². The number of rotatable bonds is 4. The molecule has 26 heavy (non-hydrogen) atoms. The Hall–Kier alpha value is -2.79. The van der Waals surface area contributed by atoms with Crippen LogP contribution in [0.25, 0.3) is 11.3 Å². The summed E-state index contributed by atoms with van der Waals surface area (Å²) >= 11 is 0. The van der Waals surface area contributed by atoms with Crippen LogP contribution in [0, 0.1) is 5.82 Å². The van der Waals surface area contributed by atoms with E-state index in [9.17, 15) is 9.18 Å². The van der Waals surface area contributed by atoms with Gasteiger partial charge in [0.15, 0.2) is 5.78 Å². The summed E-state index contributed by atoms with van der Waals surface area (Å²) in [5.74, 6) is 0.598. The fourth-order valence-corrected chi connectivity index (χ4v) is 3.41. The van der Waals surface area contributed by atoms with Gasteiger partial charge in [0.1, 0.15) is 17.3 Å². The van der Waals surface area contributed by atoms with Gasteiger partial charge in [0, 0.05) is 42.7 Å². The first kappa shape index (κ1) is 16.7. The second-order valence-electron chi connectivity index (χ2n) is 6.63. The Morgan fingerprint density at radius 3 is 2.88 bits per heavy atom. The second kappa shape index (κ2) is 6.84. The van der Waals surface area contributed by atoms with Gasteiger partial charge in [-0.2, -0.15) is 0 Å². The maximum Gasteiger partial charge on any atom is 0.159 e. The molecule has 2 heterocycles. The molecule has 0 amide bonds. The van der Waals surface area contributed by atoms with Crippen LogP contribution in [-0.2, 0) is 19.5 Å². The number of aromatic nitrogens is 1. The number of ketones is 1. The minimum absolute atomic E-state index is 0.0636. The van der Waals surface area contributed by atoms with Crippen molar-refractivity contribution < 1.29 is 13.7 Å². The summed E-state index contributed by atoms with van der Waals surface area (Å²) in [6, 6.07) is 14.3. The van der Waals surface area contributed by atoms with Crippen molar-refractivity contribution in [3.8, 4) is 11.3 Å². The highest BCUT2D eigenvalue weighted by atomic mass is 19.1. The summed E-state index contributed by atoms with van der Waals surface area (Å²) in [5.41, 5.74) is 3.81. The van der Waals surface area contributed by atoms with E-state index in [1.807, 2.05) is 24.3 Å². The Bertz CT molecular complexity index is 964. The SMILES string of the molecule is CC(=O)c1cccc(CN2CCc3onc(-c4ccccc4F)c3C2)c1. The molecule has 1 aliphatic heterocycles. The Labute approximate surface area is 151 Å². The average molecular weight is 350 g/mol. The largest absolute Gasteiger partial charge is 0.360 e. The molecule has 0 aliphatic carbocycles. The fourth-order valence-electron chi connectivity index (χ4n) is 3.41. The molecule has 0 bridgehead atoms. The molecular weight excluding hydrogens is 331 g/mol. The summed E-state index contributed by atoms with van der Waals surface area (Å²) in [4.78, 5) is 13.8. The molecule has 3 aromatic rings. The Kier molecular flexibility index (Phi) is 4.39.